The van der Waals surface area contributed by atoms with E-state index in [0.29, 0.717) is 12.5 Å². The minimum Gasteiger partial charge on any atom is -0.459 e. The molecule has 0 unspecified atom stereocenters. The first-order valence-electron chi connectivity index (χ1n) is 7.09. The van der Waals surface area contributed by atoms with Gasteiger partial charge < -0.3 is 9.52 Å². The lowest BCUT2D eigenvalue weighted by Crippen LogP contribution is -2.34. The molecule has 0 bridgehead atoms. The third-order valence-corrected chi connectivity index (χ3v) is 4.76. The van der Waals surface area contributed by atoms with Crippen LogP contribution in [0, 0.1) is 12.8 Å². The molecule has 2 aromatic rings. The molecule has 0 saturated carbocycles. The number of thiazole rings is 1. The molecule has 3 rings (SSSR count). The van der Waals surface area contributed by atoms with E-state index in [1.54, 1.807) is 11.3 Å². The number of aliphatic hydroxyl groups is 1. The molecule has 0 atom stereocenters. The summed E-state index contributed by atoms with van der Waals surface area (Å²) in [6.07, 6.45) is 2.18. The quantitative estimate of drug-likeness (QED) is 0.941. The fraction of sp³-hybridized carbons (Fsp3) is 0.533. The van der Waals surface area contributed by atoms with Gasteiger partial charge in [0.2, 0.25) is 0 Å². The number of aliphatic hydroxyl groups excluding tert-OH is 1. The third kappa shape index (κ3) is 3.11. The van der Waals surface area contributed by atoms with Crippen LogP contribution in [-0.2, 0) is 6.54 Å². The van der Waals surface area contributed by atoms with Crippen LogP contribution in [0.15, 0.2) is 21.9 Å². The Morgan fingerprint density at radius 3 is 2.85 bits per heavy atom. The van der Waals surface area contributed by atoms with E-state index in [1.807, 2.05) is 19.1 Å². The van der Waals surface area contributed by atoms with Crippen molar-refractivity contribution >= 4 is 11.3 Å². The van der Waals surface area contributed by atoms with E-state index in [1.165, 1.54) is 0 Å². The van der Waals surface area contributed by atoms with Gasteiger partial charge in [-0.05, 0) is 50.9 Å². The Bertz CT molecular complexity index is 556. The summed E-state index contributed by atoms with van der Waals surface area (Å²) in [7, 11) is 0. The lowest BCUT2D eigenvalue weighted by molar-refractivity contribution is 0.126. The lowest BCUT2D eigenvalue weighted by atomic mass is 9.98. The molecule has 5 heteroatoms. The standard InChI is InChI=1S/C15H20N2O2S/c1-11-2-3-14(19-11)15-16-13(10-20-15)8-17-6-4-12(9-18)5-7-17/h2-3,10,12,18H,4-9H2,1H3. The number of likely N-dealkylation sites (tertiary alicyclic amines) is 1. The van der Waals surface area contributed by atoms with Crippen LogP contribution in [0.2, 0.25) is 0 Å². The first-order valence-corrected chi connectivity index (χ1v) is 7.97. The number of nitrogens with zero attached hydrogens (tertiary/aromatic N) is 2. The van der Waals surface area contributed by atoms with Gasteiger partial charge in [-0.1, -0.05) is 0 Å². The Labute approximate surface area is 123 Å². The van der Waals surface area contributed by atoms with Crippen molar-refractivity contribution in [2.45, 2.75) is 26.3 Å². The molecular weight excluding hydrogens is 272 g/mol. The van der Waals surface area contributed by atoms with Gasteiger partial charge >= 0.3 is 0 Å². The smallest absolute Gasteiger partial charge is 0.162 e. The highest BCUT2D eigenvalue weighted by molar-refractivity contribution is 7.13. The van der Waals surface area contributed by atoms with E-state index in [4.69, 9.17) is 9.52 Å². The maximum absolute atomic E-state index is 9.16. The van der Waals surface area contributed by atoms with Crippen LogP contribution in [0.3, 0.4) is 0 Å². The maximum atomic E-state index is 9.16. The third-order valence-electron chi connectivity index (χ3n) is 3.85. The van der Waals surface area contributed by atoms with Crippen LogP contribution < -0.4 is 0 Å². The Balaban J connectivity index is 1.60. The van der Waals surface area contributed by atoms with E-state index < -0.39 is 0 Å². The van der Waals surface area contributed by atoms with Crippen molar-refractivity contribution in [1.29, 1.82) is 0 Å². The number of rotatable bonds is 4. The number of hydrogen-bond donors (Lipinski definition) is 1. The summed E-state index contributed by atoms with van der Waals surface area (Å²) in [4.78, 5) is 7.08. The molecule has 0 aliphatic carbocycles. The van der Waals surface area contributed by atoms with E-state index in [2.05, 4.69) is 15.3 Å². The van der Waals surface area contributed by atoms with Crippen molar-refractivity contribution in [3.63, 3.8) is 0 Å². The van der Waals surface area contributed by atoms with Gasteiger partial charge in [-0.3, -0.25) is 4.90 Å². The van der Waals surface area contributed by atoms with Crippen molar-refractivity contribution in [1.82, 2.24) is 9.88 Å². The minimum absolute atomic E-state index is 0.326. The zero-order valence-corrected chi connectivity index (χ0v) is 12.5. The van der Waals surface area contributed by atoms with Gasteiger partial charge in [0, 0.05) is 18.5 Å². The van der Waals surface area contributed by atoms with Crippen LogP contribution in [0.5, 0.6) is 0 Å². The highest BCUT2D eigenvalue weighted by Gasteiger charge is 2.19. The van der Waals surface area contributed by atoms with Crippen LogP contribution >= 0.6 is 11.3 Å². The molecule has 0 radical (unpaired) electrons. The molecule has 20 heavy (non-hydrogen) atoms. The van der Waals surface area contributed by atoms with Crippen LogP contribution in [0.4, 0.5) is 0 Å². The molecule has 0 spiro atoms. The monoisotopic (exact) mass is 292 g/mol. The molecule has 4 nitrogen and oxygen atoms in total. The summed E-state index contributed by atoms with van der Waals surface area (Å²) in [6.45, 7) is 5.28. The molecule has 0 amide bonds. The average molecular weight is 292 g/mol. The summed E-state index contributed by atoms with van der Waals surface area (Å²) >= 11 is 1.64. The lowest BCUT2D eigenvalue weighted by Gasteiger charge is -2.30. The van der Waals surface area contributed by atoms with Gasteiger partial charge in [0.25, 0.3) is 0 Å². The molecule has 1 fully saturated rings. The Morgan fingerprint density at radius 2 is 2.20 bits per heavy atom. The molecule has 1 saturated heterocycles. The summed E-state index contributed by atoms with van der Waals surface area (Å²) < 4.78 is 5.61. The highest BCUT2D eigenvalue weighted by Crippen LogP contribution is 2.26. The maximum Gasteiger partial charge on any atom is 0.162 e. The van der Waals surface area contributed by atoms with E-state index in [-0.39, 0.29) is 0 Å². The Hall–Kier alpha value is -1.17. The number of aromatic nitrogens is 1. The van der Waals surface area contributed by atoms with Gasteiger partial charge in [0.05, 0.1) is 5.69 Å². The van der Waals surface area contributed by atoms with Crippen molar-refractivity contribution in [3.8, 4) is 10.8 Å². The zero-order chi connectivity index (χ0) is 13.9. The fourth-order valence-electron chi connectivity index (χ4n) is 2.60. The van der Waals surface area contributed by atoms with Gasteiger partial charge in [-0.15, -0.1) is 11.3 Å². The topological polar surface area (TPSA) is 49.5 Å². The highest BCUT2D eigenvalue weighted by atomic mass is 32.1. The number of aryl methyl sites for hydroxylation is 1. The normalized spacial score (nSPS) is 17.7. The second-order valence-corrected chi connectivity index (χ2v) is 6.31. The molecular formula is C15H20N2O2S. The molecule has 2 aromatic heterocycles. The fourth-order valence-corrected chi connectivity index (χ4v) is 3.37. The Morgan fingerprint density at radius 1 is 1.40 bits per heavy atom. The number of piperidine rings is 1. The molecule has 1 aliphatic heterocycles. The zero-order valence-electron chi connectivity index (χ0n) is 11.7. The predicted molar refractivity (Wildman–Crippen MR) is 79.6 cm³/mol. The number of hydrogen-bond acceptors (Lipinski definition) is 5. The van der Waals surface area contributed by atoms with Gasteiger partial charge in [-0.25, -0.2) is 4.98 Å². The van der Waals surface area contributed by atoms with Crippen molar-refractivity contribution in [2.75, 3.05) is 19.7 Å². The van der Waals surface area contributed by atoms with Crippen LogP contribution in [0.1, 0.15) is 24.3 Å². The van der Waals surface area contributed by atoms with Crippen LogP contribution in [-0.4, -0.2) is 34.7 Å². The first kappa shape index (κ1) is 13.8. The summed E-state index contributed by atoms with van der Waals surface area (Å²) in [5.74, 6) is 2.27. The second-order valence-electron chi connectivity index (χ2n) is 5.46. The summed E-state index contributed by atoms with van der Waals surface area (Å²) in [5.41, 5.74) is 1.11. The second kappa shape index (κ2) is 6.08. The molecule has 1 aliphatic rings. The summed E-state index contributed by atoms with van der Waals surface area (Å²) in [6, 6.07) is 3.95. The molecule has 108 valence electrons. The van der Waals surface area contributed by atoms with Gasteiger partial charge in [0.15, 0.2) is 10.8 Å². The molecule has 1 N–H and O–H groups in total. The van der Waals surface area contributed by atoms with E-state index in [0.717, 1.165) is 54.7 Å². The van der Waals surface area contributed by atoms with Crippen molar-refractivity contribution < 1.29 is 9.52 Å². The summed E-state index contributed by atoms with van der Waals surface area (Å²) in [5, 5.41) is 12.2. The van der Waals surface area contributed by atoms with E-state index in [9.17, 15) is 0 Å². The largest absolute Gasteiger partial charge is 0.459 e. The first-order chi connectivity index (χ1) is 9.74. The molecule has 0 aromatic carbocycles. The average Bonchev–Trinajstić information content (AvgIpc) is 3.09. The van der Waals surface area contributed by atoms with E-state index >= 15 is 0 Å². The number of furan rings is 1. The van der Waals surface area contributed by atoms with Gasteiger partial charge in [-0.2, -0.15) is 0 Å². The SMILES string of the molecule is Cc1ccc(-c2nc(CN3CCC(CO)CC3)cs2)o1. The minimum atomic E-state index is 0.326. The van der Waals surface area contributed by atoms with Crippen molar-refractivity contribution in [2.24, 2.45) is 5.92 Å². The Kier molecular flexibility index (Phi) is 4.19. The van der Waals surface area contributed by atoms with Crippen LogP contribution in [0.25, 0.3) is 10.8 Å². The van der Waals surface area contributed by atoms with Crippen molar-refractivity contribution in [3.05, 3.63) is 29.0 Å². The predicted octanol–water partition coefficient (Wildman–Crippen LogP) is 2.92. The molecule has 3 heterocycles. The van der Waals surface area contributed by atoms with Gasteiger partial charge in [0.1, 0.15) is 5.76 Å².